The molecule has 1 heterocycles. The molecule has 0 saturated heterocycles. The van der Waals surface area contributed by atoms with E-state index in [4.69, 9.17) is 19.9 Å². The van der Waals surface area contributed by atoms with Crippen LogP contribution in [0.5, 0.6) is 5.75 Å². The predicted octanol–water partition coefficient (Wildman–Crippen LogP) is 7.84. The third kappa shape index (κ3) is 8.45. The Morgan fingerprint density at radius 2 is 1.10 bits per heavy atom. The molecule has 0 saturated carbocycles. The van der Waals surface area contributed by atoms with Crippen molar-refractivity contribution in [2.24, 2.45) is 0 Å². The van der Waals surface area contributed by atoms with Crippen LogP contribution in [0.15, 0.2) is 72.8 Å². The number of rotatable bonds is 9. The molecule has 0 fully saturated rings. The van der Waals surface area contributed by atoms with Crippen molar-refractivity contribution in [2.75, 3.05) is 5.73 Å². The summed E-state index contributed by atoms with van der Waals surface area (Å²) in [5, 5.41) is 18.6. The minimum Gasteiger partial charge on any atom is -0.486 e. The summed E-state index contributed by atoms with van der Waals surface area (Å²) in [4.78, 5) is 47.3. The van der Waals surface area contributed by atoms with E-state index in [0.29, 0.717) is 5.92 Å². The van der Waals surface area contributed by atoms with Gasteiger partial charge < -0.3 is 30.2 Å². The van der Waals surface area contributed by atoms with Crippen molar-refractivity contribution < 1.29 is 43.6 Å². The maximum absolute atomic E-state index is 12.2. The molecule has 0 aromatic heterocycles. The summed E-state index contributed by atoms with van der Waals surface area (Å²) in [5.41, 5.74) is 16.2. The molecule has 0 aliphatic carbocycles. The molecular weight excluding hydrogens is 662 g/mol. The van der Waals surface area contributed by atoms with Gasteiger partial charge >= 0.3 is 23.9 Å². The van der Waals surface area contributed by atoms with Gasteiger partial charge in [0.15, 0.2) is 0 Å². The van der Waals surface area contributed by atoms with E-state index in [1.807, 2.05) is 0 Å². The van der Waals surface area contributed by atoms with Crippen LogP contribution < -0.4 is 10.5 Å². The van der Waals surface area contributed by atoms with Crippen molar-refractivity contribution in [2.45, 2.75) is 92.0 Å². The minimum absolute atomic E-state index is 0.0332. The first-order valence-electron chi connectivity index (χ1n) is 17.0. The van der Waals surface area contributed by atoms with E-state index in [1.165, 1.54) is 46.5 Å². The number of nitrogens with two attached hydrogens (primary N) is 1. The van der Waals surface area contributed by atoms with Crippen molar-refractivity contribution in [3.63, 3.8) is 0 Å². The number of aryl methyl sites for hydroxylation is 2. The molecule has 52 heavy (non-hydrogen) atoms. The second kappa shape index (κ2) is 15.7. The molecule has 0 unspecified atom stereocenters. The molecule has 0 radical (unpaired) electrons. The Kier molecular flexibility index (Phi) is 11.8. The second-order valence-corrected chi connectivity index (χ2v) is 14.1. The van der Waals surface area contributed by atoms with E-state index in [1.54, 1.807) is 38.1 Å². The Bertz CT molecular complexity index is 1890. The molecule has 10 heteroatoms. The molecule has 3 atom stereocenters. The zero-order valence-electron chi connectivity index (χ0n) is 31.1. The normalized spacial score (nSPS) is 15.3. The standard InChI is InChI=1S/C22H29NO.C20H18O8/c1-12(2)16-8-10-17(11-9-16)19-18-15(5)20(23)13(3)14(4)21(18)24-22(19,6)7;1-11-3-7-13(8-4-11)19(25)27-15(17(21)22)16(18(23)24)28-20(26)14-9-5-12(2)6-10-14/h8-12,19H,23H2,1-7H3;3-10,15-16H,1-2H3,(H,21,22)(H,23,24)/t19-;15-,16-/m10/s1. The summed E-state index contributed by atoms with van der Waals surface area (Å²) >= 11 is 0. The Morgan fingerprint density at radius 1 is 0.673 bits per heavy atom. The summed E-state index contributed by atoms with van der Waals surface area (Å²) < 4.78 is 16.1. The molecule has 1 aliphatic rings. The average molecular weight is 710 g/mol. The van der Waals surface area contributed by atoms with Crippen LogP contribution in [-0.2, 0) is 19.1 Å². The van der Waals surface area contributed by atoms with Gasteiger partial charge in [-0.25, -0.2) is 19.2 Å². The van der Waals surface area contributed by atoms with Gasteiger partial charge in [-0.15, -0.1) is 0 Å². The van der Waals surface area contributed by atoms with Crippen LogP contribution in [-0.4, -0.2) is 51.9 Å². The summed E-state index contributed by atoms with van der Waals surface area (Å²) in [7, 11) is 0. The van der Waals surface area contributed by atoms with E-state index in [9.17, 15) is 29.4 Å². The molecule has 4 aromatic rings. The number of ether oxygens (including phenoxy) is 3. The number of anilines is 1. The highest BCUT2D eigenvalue weighted by atomic mass is 16.6. The van der Waals surface area contributed by atoms with E-state index >= 15 is 0 Å². The number of carboxylic acids is 2. The monoisotopic (exact) mass is 709 g/mol. The molecule has 4 aromatic carbocycles. The molecular formula is C42H47NO9. The van der Waals surface area contributed by atoms with Crippen LogP contribution >= 0.6 is 0 Å². The topological polar surface area (TPSA) is 162 Å². The second-order valence-electron chi connectivity index (χ2n) is 14.1. The number of carbonyl (C=O) groups excluding carboxylic acids is 2. The van der Waals surface area contributed by atoms with Gasteiger partial charge in [0.05, 0.1) is 17.0 Å². The molecule has 5 rings (SSSR count). The van der Waals surface area contributed by atoms with Crippen LogP contribution in [0.25, 0.3) is 0 Å². The Labute approximate surface area is 304 Å². The zero-order valence-corrected chi connectivity index (χ0v) is 31.1. The fraction of sp³-hybridized carbons (Fsp3) is 0.333. The smallest absolute Gasteiger partial charge is 0.349 e. The quantitative estimate of drug-likeness (QED) is 0.115. The fourth-order valence-electron chi connectivity index (χ4n) is 6.19. The summed E-state index contributed by atoms with van der Waals surface area (Å²) in [6, 6.07) is 21.1. The van der Waals surface area contributed by atoms with Crippen molar-refractivity contribution in [3.8, 4) is 5.75 Å². The predicted molar refractivity (Wildman–Crippen MR) is 198 cm³/mol. The number of carbonyl (C=O) groups is 4. The largest absolute Gasteiger partial charge is 0.486 e. The zero-order chi connectivity index (χ0) is 38.7. The lowest BCUT2D eigenvalue weighted by Crippen LogP contribution is -2.45. The number of hydrogen-bond acceptors (Lipinski definition) is 8. The first-order chi connectivity index (χ1) is 24.3. The number of aliphatic carboxylic acids is 2. The van der Waals surface area contributed by atoms with Crippen LogP contribution in [0.4, 0.5) is 5.69 Å². The fourth-order valence-corrected chi connectivity index (χ4v) is 6.19. The molecule has 274 valence electrons. The van der Waals surface area contributed by atoms with Crippen LogP contribution in [0, 0.1) is 34.6 Å². The van der Waals surface area contributed by atoms with E-state index in [0.717, 1.165) is 33.7 Å². The van der Waals surface area contributed by atoms with Gasteiger partial charge in [-0.3, -0.25) is 0 Å². The third-order valence-electron chi connectivity index (χ3n) is 9.45. The van der Waals surface area contributed by atoms with Crippen molar-refractivity contribution in [1.82, 2.24) is 0 Å². The van der Waals surface area contributed by atoms with Crippen LogP contribution in [0.3, 0.4) is 0 Å². The number of benzene rings is 4. The molecule has 0 bridgehead atoms. The highest BCUT2D eigenvalue weighted by molar-refractivity contribution is 5.95. The summed E-state index contributed by atoms with van der Waals surface area (Å²) in [6.45, 7) is 18.7. The van der Waals surface area contributed by atoms with Gasteiger partial charge in [0.2, 0.25) is 12.2 Å². The Balaban J connectivity index is 0.000000235. The maximum Gasteiger partial charge on any atom is 0.349 e. The summed E-state index contributed by atoms with van der Waals surface area (Å²) in [6.07, 6.45) is -4.44. The van der Waals surface area contributed by atoms with Gasteiger partial charge in [0.25, 0.3) is 0 Å². The average Bonchev–Trinajstić information content (AvgIpc) is 3.39. The van der Waals surface area contributed by atoms with Gasteiger partial charge in [-0.2, -0.15) is 0 Å². The molecule has 0 spiro atoms. The lowest BCUT2D eigenvalue weighted by atomic mass is 9.78. The third-order valence-corrected chi connectivity index (χ3v) is 9.45. The highest BCUT2D eigenvalue weighted by Crippen LogP contribution is 2.53. The minimum atomic E-state index is -2.22. The number of fused-ring (bicyclic) bond motifs is 1. The maximum atomic E-state index is 12.2. The molecule has 0 amide bonds. The number of nitrogen functional groups attached to an aromatic ring is 1. The lowest BCUT2D eigenvalue weighted by molar-refractivity contribution is -0.166. The number of esters is 2. The van der Waals surface area contributed by atoms with Crippen molar-refractivity contribution in [3.05, 3.63) is 128 Å². The molecule has 10 nitrogen and oxygen atoms in total. The molecule has 4 N–H and O–H groups in total. The highest BCUT2D eigenvalue weighted by Gasteiger charge is 2.45. The number of hydrogen-bond donors (Lipinski definition) is 3. The molecule has 1 aliphatic heterocycles. The Morgan fingerprint density at radius 3 is 1.48 bits per heavy atom. The lowest BCUT2D eigenvalue weighted by Gasteiger charge is -2.27. The van der Waals surface area contributed by atoms with E-state index in [2.05, 4.69) is 72.7 Å². The Hall–Kier alpha value is -5.64. The first kappa shape index (κ1) is 39.2. The van der Waals surface area contributed by atoms with Gasteiger partial charge in [-0.05, 0) is 106 Å². The number of carboxylic acid groups (broad SMARTS) is 2. The van der Waals surface area contributed by atoms with Crippen molar-refractivity contribution >= 4 is 29.6 Å². The van der Waals surface area contributed by atoms with E-state index < -0.39 is 36.1 Å². The first-order valence-corrected chi connectivity index (χ1v) is 17.0. The van der Waals surface area contributed by atoms with Gasteiger partial charge in [0.1, 0.15) is 11.4 Å². The van der Waals surface area contributed by atoms with E-state index in [-0.39, 0.29) is 22.6 Å². The van der Waals surface area contributed by atoms with Gasteiger partial charge in [0, 0.05) is 11.3 Å². The van der Waals surface area contributed by atoms with Crippen LogP contribution in [0.2, 0.25) is 0 Å². The van der Waals surface area contributed by atoms with Crippen molar-refractivity contribution in [1.29, 1.82) is 0 Å². The van der Waals surface area contributed by atoms with Gasteiger partial charge in [-0.1, -0.05) is 73.5 Å². The summed E-state index contributed by atoms with van der Waals surface area (Å²) in [5.74, 6) is -3.84. The van der Waals surface area contributed by atoms with Crippen LogP contribution in [0.1, 0.15) is 105 Å². The SMILES string of the molecule is Cc1c(C)c2c(c(C)c1N)[C@@H](c1ccc(C(C)C)cc1)C(C)(C)O2.Cc1ccc(C(=O)O[C@H](C(=O)O)[C@H](OC(=O)c2ccc(C)cc2)C(=O)O)cc1.